The van der Waals surface area contributed by atoms with Crippen molar-refractivity contribution in [3.05, 3.63) is 27.2 Å². The molecule has 1 aromatic rings. The molecule has 0 saturated heterocycles. The van der Waals surface area contributed by atoms with Crippen LogP contribution >= 0.6 is 27.5 Å². The number of nitrogens with one attached hydrogen (secondary N) is 1. The van der Waals surface area contributed by atoms with Crippen LogP contribution in [0.15, 0.2) is 21.5 Å². The van der Waals surface area contributed by atoms with Gasteiger partial charge >= 0.3 is 0 Å². The summed E-state index contributed by atoms with van der Waals surface area (Å²) < 4.78 is 34.1. The molecule has 0 radical (unpaired) electrons. The second-order valence-electron chi connectivity index (χ2n) is 4.43. The average Bonchev–Trinajstić information content (AvgIpc) is 2.29. The van der Waals surface area contributed by atoms with Crippen LogP contribution in [-0.4, -0.2) is 36.6 Å². The maximum atomic E-state index is 12.1. The third kappa shape index (κ3) is 5.33. The molecule has 118 valence electrons. The standard InChI is InChI=1S/C11H14BrClN2O4S2/c1-6(5-20(2)17)15-11(16)7-3-8(13)10(12)9(4-7)21(14,18)19/h3-4,6H,5H2,1-2H3,(H,15,16)(H2,14,18,19). The Labute approximate surface area is 139 Å². The van der Waals surface area contributed by atoms with E-state index in [2.05, 4.69) is 21.2 Å². The Morgan fingerprint density at radius 2 is 2.10 bits per heavy atom. The fraction of sp³-hybridized carbons (Fsp3) is 0.364. The molecule has 21 heavy (non-hydrogen) atoms. The summed E-state index contributed by atoms with van der Waals surface area (Å²) in [6.07, 6.45) is 1.53. The molecule has 0 fully saturated rings. The molecule has 2 atom stereocenters. The zero-order valence-corrected chi connectivity index (χ0v) is 15.2. The number of hydrogen-bond acceptors (Lipinski definition) is 4. The highest BCUT2D eigenvalue weighted by Gasteiger charge is 2.20. The molecule has 0 spiro atoms. The van der Waals surface area contributed by atoms with E-state index in [1.54, 1.807) is 6.92 Å². The molecule has 3 N–H and O–H groups in total. The summed E-state index contributed by atoms with van der Waals surface area (Å²) in [6.45, 7) is 1.69. The van der Waals surface area contributed by atoms with Crippen LogP contribution in [0.5, 0.6) is 0 Å². The topological polar surface area (TPSA) is 106 Å². The van der Waals surface area contributed by atoms with Gasteiger partial charge in [-0.25, -0.2) is 13.6 Å². The lowest BCUT2D eigenvalue weighted by Crippen LogP contribution is -2.36. The monoisotopic (exact) mass is 416 g/mol. The van der Waals surface area contributed by atoms with Crippen molar-refractivity contribution in [2.45, 2.75) is 17.9 Å². The predicted octanol–water partition coefficient (Wildman–Crippen LogP) is 1.25. The molecule has 0 aliphatic rings. The Bertz CT molecular complexity index is 694. The minimum absolute atomic E-state index is 0.0541. The fourth-order valence-electron chi connectivity index (χ4n) is 1.60. The molecule has 0 aromatic heterocycles. The number of halogens is 2. The van der Waals surface area contributed by atoms with E-state index in [1.165, 1.54) is 12.3 Å². The SMILES string of the molecule is CC(CS(C)=O)NC(=O)c1cc(Cl)c(Br)c(S(N)(=O)=O)c1. The van der Waals surface area contributed by atoms with Crippen molar-refractivity contribution in [2.75, 3.05) is 12.0 Å². The van der Waals surface area contributed by atoms with Crippen LogP contribution in [0.2, 0.25) is 5.02 Å². The van der Waals surface area contributed by atoms with Gasteiger partial charge in [0.25, 0.3) is 5.91 Å². The molecule has 6 nitrogen and oxygen atoms in total. The Balaban J connectivity index is 3.12. The van der Waals surface area contributed by atoms with Gasteiger partial charge in [-0.05, 0) is 35.0 Å². The van der Waals surface area contributed by atoms with Crippen LogP contribution in [0.3, 0.4) is 0 Å². The van der Waals surface area contributed by atoms with E-state index < -0.39 is 26.7 Å². The van der Waals surface area contributed by atoms with Crippen LogP contribution in [0.1, 0.15) is 17.3 Å². The van der Waals surface area contributed by atoms with Crippen molar-refractivity contribution in [3.8, 4) is 0 Å². The molecule has 1 amide bonds. The number of amides is 1. The van der Waals surface area contributed by atoms with Gasteiger partial charge in [0, 0.05) is 34.4 Å². The van der Waals surface area contributed by atoms with Crippen molar-refractivity contribution in [1.29, 1.82) is 0 Å². The minimum atomic E-state index is -4.02. The van der Waals surface area contributed by atoms with Crippen LogP contribution < -0.4 is 10.5 Å². The van der Waals surface area contributed by atoms with E-state index in [-0.39, 0.29) is 31.7 Å². The second-order valence-corrected chi connectivity index (χ2v) is 8.64. The van der Waals surface area contributed by atoms with Gasteiger partial charge in [0.05, 0.1) is 14.4 Å². The van der Waals surface area contributed by atoms with Crippen LogP contribution in [0.25, 0.3) is 0 Å². The van der Waals surface area contributed by atoms with Gasteiger partial charge < -0.3 is 5.32 Å². The van der Waals surface area contributed by atoms with E-state index >= 15 is 0 Å². The van der Waals surface area contributed by atoms with Gasteiger partial charge in [0.15, 0.2) is 0 Å². The van der Waals surface area contributed by atoms with E-state index in [0.717, 1.165) is 6.07 Å². The third-order valence-electron chi connectivity index (χ3n) is 2.43. The zero-order chi connectivity index (χ0) is 16.4. The molecular weight excluding hydrogens is 404 g/mol. The molecule has 1 rings (SSSR count). The van der Waals surface area contributed by atoms with Gasteiger partial charge in [-0.1, -0.05) is 11.6 Å². The first-order valence-electron chi connectivity index (χ1n) is 5.65. The van der Waals surface area contributed by atoms with Crippen molar-refractivity contribution >= 4 is 54.3 Å². The highest BCUT2D eigenvalue weighted by atomic mass is 79.9. The fourth-order valence-corrected chi connectivity index (χ4v) is 4.22. The van der Waals surface area contributed by atoms with Crippen LogP contribution in [-0.2, 0) is 20.8 Å². The molecule has 10 heteroatoms. The second kappa shape index (κ2) is 7.19. The van der Waals surface area contributed by atoms with Gasteiger partial charge in [-0.15, -0.1) is 0 Å². The molecule has 0 saturated carbocycles. The van der Waals surface area contributed by atoms with E-state index in [1.807, 2.05) is 0 Å². The summed E-state index contributed by atoms with van der Waals surface area (Å²) in [5.74, 6) is -0.231. The predicted molar refractivity (Wildman–Crippen MR) is 86.4 cm³/mol. The number of primary sulfonamides is 1. The first kappa shape index (κ1) is 18.6. The summed E-state index contributed by atoms with van der Waals surface area (Å²) in [5, 5.41) is 7.74. The lowest BCUT2D eigenvalue weighted by Gasteiger charge is -2.13. The largest absolute Gasteiger partial charge is 0.349 e. The van der Waals surface area contributed by atoms with Crippen molar-refractivity contribution in [1.82, 2.24) is 5.32 Å². The number of sulfonamides is 1. The van der Waals surface area contributed by atoms with Gasteiger partial charge in [0.1, 0.15) is 0 Å². The first-order chi connectivity index (χ1) is 9.52. The number of benzene rings is 1. The van der Waals surface area contributed by atoms with E-state index in [0.29, 0.717) is 0 Å². The third-order valence-corrected chi connectivity index (χ3v) is 5.97. The lowest BCUT2D eigenvalue weighted by molar-refractivity contribution is 0.0943. The summed E-state index contributed by atoms with van der Waals surface area (Å²) in [4.78, 5) is 11.8. The number of rotatable bonds is 5. The number of hydrogen-bond donors (Lipinski definition) is 2. The Kier molecular flexibility index (Phi) is 6.36. The van der Waals surface area contributed by atoms with Crippen LogP contribution in [0, 0.1) is 0 Å². The maximum Gasteiger partial charge on any atom is 0.251 e. The summed E-state index contributed by atoms with van der Waals surface area (Å²) in [7, 11) is -5.08. The smallest absolute Gasteiger partial charge is 0.251 e. The van der Waals surface area contributed by atoms with Crippen molar-refractivity contribution in [3.63, 3.8) is 0 Å². The molecule has 2 unspecified atom stereocenters. The minimum Gasteiger partial charge on any atom is -0.349 e. The average molecular weight is 418 g/mol. The molecule has 0 aliphatic heterocycles. The lowest BCUT2D eigenvalue weighted by atomic mass is 10.2. The molecular formula is C11H14BrClN2O4S2. The number of nitrogens with two attached hydrogens (primary N) is 1. The van der Waals surface area contributed by atoms with Gasteiger partial charge in [-0.2, -0.15) is 0 Å². The quantitative estimate of drug-likeness (QED) is 0.752. The number of carbonyl (C=O) groups excluding carboxylic acids is 1. The van der Waals surface area contributed by atoms with E-state index in [9.17, 15) is 17.4 Å². The number of carbonyl (C=O) groups is 1. The molecule has 0 heterocycles. The van der Waals surface area contributed by atoms with Crippen molar-refractivity contribution < 1.29 is 17.4 Å². The van der Waals surface area contributed by atoms with Gasteiger partial charge in [0.2, 0.25) is 10.0 Å². The summed E-state index contributed by atoms with van der Waals surface area (Å²) >= 11 is 8.91. The Morgan fingerprint density at radius 3 is 2.57 bits per heavy atom. The van der Waals surface area contributed by atoms with Crippen LogP contribution in [0.4, 0.5) is 0 Å². The Morgan fingerprint density at radius 1 is 1.52 bits per heavy atom. The molecule has 0 bridgehead atoms. The van der Waals surface area contributed by atoms with Crippen molar-refractivity contribution in [2.24, 2.45) is 5.14 Å². The molecule has 1 aromatic carbocycles. The van der Waals surface area contributed by atoms with E-state index in [4.69, 9.17) is 16.7 Å². The molecule has 0 aliphatic carbocycles. The summed E-state index contributed by atoms with van der Waals surface area (Å²) in [6, 6.07) is 2.13. The van der Waals surface area contributed by atoms with Gasteiger partial charge in [-0.3, -0.25) is 9.00 Å². The summed E-state index contributed by atoms with van der Waals surface area (Å²) in [5.41, 5.74) is 0.0564. The first-order valence-corrected chi connectivity index (χ1v) is 10.1. The zero-order valence-electron chi connectivity index (χ0n) is 11.2. The highest BCUT2D eigenvalue weighted by molar-refractivity contribution is 9.10. The maximum absolute atomic E-state index is 12.1. The Hall–Kier alpha value is -0.480. The normalized spacial score (nSPS) is 14.5. The highest BCUT2D eigenvalue weighted by Crippen LogP contribution is 2.30.